The molecule has 0 aromatic heterocycles. The zero-order valence-electron chi connectivity index (χ0n) is 13.2. The fourth-order valence-corrected chi connectivity index (χ4v) is 5.57. The van der Waals surface area contributed by atoms with E-state index in [4.69, 9.17) is 0 Å². The highest BCUT2D eigenvalue weighted by Crippen LogP contribution is 2.51. The average Bonchev–Trinajstić information content (AvgIpc) is 2.91. The van der Waals surface area contributed by atoms with Crippen molar-refractivity contribution in [1.82, 2.24) is 5.32 Å². The van der Waals surface area contributed by atoms with Crippen LogP contribution < -0.4 is 10.2 Å². The van der Waals surface area contributed by atoms with Gasteiger partial charge in [0.05, 0.1) is 11.3 Å². The van der Waals surface area contributed by atoms with Crippen molar-refractivity contribution in [3.63, 3.8) is 0 Å². The van der Waals surface area contributed by atoms with E-state index in [1.54, 1.807) is 11.8 Å². The van der Waals surface area contributed by atoms with Crippen LogP contribution in [-0.4, -0.2) is 31.4 Å². The van der Waals surface area contributed by atoms with Gasteiger partial charge in [0.2, 0.25) is 0 Å². The minimum atomic E-state index is -0.490. The first-order valence-electron chi connectivity index (χ1n) is 8.46. The van der Waals surface area contributed by atoms with E-state index in [1.807, 2.05) is 12.1 Å². The predicted octanol–water partition coefficient (Wildman–Crippen LogP) is 4.00. The van der Waals surface area contributed by atoms with E-state index in [2.05, 4.69) is 10.2 Å². The van der Waals surface area contributed by atoms with Gasteiger partial charge in [-0.1, -0.05) is 6.07 Å². The Morgan fingerprint density at radius 1 is 1.17 bits per heavy atom. The molecule has 0 bridgehead atoms. The van der Waals surface area contributed by atoms with Crippen LogP contribution in [0.3, 0.4) is 0 Å². The summed E-state index contributed by atoms with van der Waals surface area (Å²) in [5, 5.41) is 3.48. The highest BCUT2D eigenvalue weighted by atomic mass is 32.2. The fraction of sp³-hybridized carbons (Fsp3) is 0.368. The number of benzene rings is 2. The van der Waals surface area contributed by atoms with Crippen LogP contribution >= 0.6 is 11.8 Å². The number of nitrogens with zero attached hydrogens (tertiary/aromatic N) is 1. The van der Waals surface area contributed by atoms with Crippen LogP contribution in [0.15, 0.2) is 35.2 Å². The number of fused-ring (bicyclic) bond motifs is 3. The maximum atomic E-state index is 14.3. The molecule has 1 fully saturated rings. The van der Waals surface area contributed by atoms with Gasteiger partial charge in [0.1, 0.15) is 11.6 Å². The number of piperidine rings is 1. The summed E-state index contributed by atoms with van der Waals surface area (Å²) in [7, 11) is 0. The normalized spacial score (nSPS) is 24.7. The molecule has 0 saturated carbocycles. The molecular weight excluding hydrogens is 326 g/mol. The number of nitrogens with one attached hydrogen (secondary N) is 1. The number of hydrogen-bond donors (Lipinski definition) is 1. The molecule has 0 unspecified atom stereocenters. The lowest BCUT2D eigenvalue weighted by atomic mass is 9.88. The summed E-state index contributed by atoms with van der Waals surface area (Å²) in [6.07, 6.45) is 1.13. The third-order valence-electron chi connectivity index (χ3n) is 5.48. The topological polar surface area (TPSA) is 15.3 Å². The summed E-state index contributed by atoms with van der Waals surface area (Å²) >= 11 is 1.81. The third kappa shape index (κ3) is 2.04. The van der Waals surface area contributed by atoms with Gasteiger partial charge in [-0.15, -0.1) is 11.8 Å². The SMILES string of the molecule is Fc1cccc(F)c1-c1cc2c3c(c1)[C@@H]1CNCC[C@@H]1N3CCS2. The van der Waals surface area contributed by atoms with Crippen LogP contribution in [0.4, 0.5) is 14.5 Å². The van der Waals surface area contributed by atoms with Gasteiger partial charge in [0.15, 0.2) is 0 Å². The van der Waals surface area contributed by atoms with Crippen LogP contribution in [0.2, 0.25) is 0 Å². The maximum absolute atomic E-state index is 14.3. The molecule has 0 spiro atoms. The van der Waals surface area contributed by atoms with Crippen LogP contribution in [0.25, 0.3) is 11.1 Å². The van der Waals surface area contributed by atoms with Gasteiger partial charge >= 0.3 is 0 Å². The molecule has 1 saturated heterocycles. The molecule has 5 heteroatoms. The second-order valence-corrected chi connectivity index (χ2v) is 7.85. The Labute approximate surface area is 144 Å². The van der Waals surface area contributed by atoms with E-state index in [9.17, 15) is 8.78 Å². The maximum Gasteiger partial charge on any atom is 0.133 e. The molecular formula is C19H18F2N2S. The molecule has 24 heavy (non-hydrogen) atoms. The van der Waals surface area contributed by atoms with Crippen LogP contribution in [0, 0.1) is 11.6 Å². The molecule has 0 radical (unpaired) electrons. The lowest BCUT2D eigenvalue weighted by Gasteiger charge is -2.36. The summed E-state index contributed by atoms with van der Waals surface area (Å²) in [5.41, 5.74) is 3.33. The molecule has 3 aliphatic heterocycles. The first-order chi connectivity index (χ1) is 11.7. The summed E-state index contributed by atoms with van der Waals surface area (Å²) in [6, 6.07) is 8.62. The highest BCUT2D eigenvalue weighted by Gasteiger charge is 2.42. The fourth-order valence-electron chi connectivity index (χ4n) is 4.48. The summed E-state index contributed by atoms with van der Waals surface area (Å²) < 4.78 is 28.6. The first kappa shape index (κ1) is 14.7. The standard InChI is InChI=1S/C19H18F2N2S/c20-14-2-1-3-15(21)18(14)11-8-12-13-10-22-5-4-16(13)23-6-7-24-17(9-11)19(12)23/h1-3,8-9,13,16,22H,4-7,10H2/t13-,16-/m0/s1. The molecule has 2 nitrogen and oxygen atoms in total. The minimum absolute atomic E-state index is 0.0986. The lowest BCUT2D eigenvalue weighted by Crippen LogP contribution is -2.45. The second-order valence-electron chi connectivity index (χ2n) is 6.72. The number of anilines is 1. The Hall–Kier alpha value is -1.59. The number of halogens is 2. The quantitative estimate of drug-likeness (QED) is 0.842. The molecule has 124 valence electrons. The molecule has 2 aromatic carbocycles. The van der Waals surface area contributed by atoms with Crippen molar-refractivity contribution in [2.75, 3.05) is 30.3 Å². The van der Waals surface area contributed by atoms with Gasteiger partial charge < -0.3 is 10.2 Å². The Balaban J connectivity index is 1.72. The number of thioether (sulfide) groups is 1. The van der Waals surface area contributed by atoms with Crippen molar-refractivity contribution in [3.8, 4) is 11.1 Å². The van der Waals surface area contributed by atoms with Crippen LogP contribution in [0.5, 0.6) is 0 Å². The Bertz CT molecular complexity index is 803. The molecule has 1 N–H and O–H groups in total. The summed E-state index contributed by atoms with van der Waals surface area (Å²) in [6.45, 7) is 3.06. The molecule has 2 atom stereocenters. The van der Waals surface area contributed by atoms with E-state index < -0.39 is 11.6 Å². The van der Waals surface area contributed by atoms with Crippen molar-refractivity contribution in [2.45, 2.75) is 23.3 Å². The third-order valence-corrected chi connectivity index (χ3v) is 6.49. The van der Waals surface area contributed by atoms with Crippen molar-refractivity contribution in [3.05, 3.63) is 47.5 Å². The van der Waals surface area contributed by atoms with Crippen molar-refractivity contribution in [1.29, 1.82) is 0 Å². The smallest absolute Gasteiger partial charge is 0.133 e. The molecule has 0 amide bonds. The minimum Gasteiger partial charge on any atom is -0.366 e. The van der Waals surface area contributed by atoms with E-state index >= 15 is 0 Å². The van der Waals surface area contributed by atoms with E-state index in [0.29, 0.717) is 17.5 Å². The molecule has 2 aromatic rings. The van der Waals surface area contributed by atoms with Gasteiger partial charge in [-0.3, -0.25) is 0 Å². The van der Waals surface area contributed by atoms with Gasteiger partial charge in [-0.05, 0) is 48.4 Å². The van der Waals surface area contributed by atoms with Crippen molar-refractivity contribution < 1.29 is 8.78 Å². The van der Waals surface area contributed by atoms with Crippen molar-refractivity contribution in [2.24, 2.45) is 0 Å². The molecule has 3 heterocycles. The number of rotatable bonds is 1. The van der Waals surface area contributed by atoms with Crippen LogP contribution in [0.1, 0.15) is 17.9 Å². The lowest BCUT2D eigenvalue weighted by molar-refractivity contribution is 0.405. The number of hydrogen-bond acceptors (Lipinski definition) is 3. The summed E-state index contributed by atoms with van der Waals surface area (Å²) in [4.78, 5) is 3.71. The van der Waals surface area contributed by atoms with Crippen molar-refractivity contribution >= 4 is 17.4 Å². The first-order valence-corrected chi connectivity index (χ1v) is 9.45. The second kappa shape index (κ2) is 5.46. The average molecular weight is 344 g/mol. The van der Waals surface area contributed by atoms with E-state index in [0.717, 1.165) is 31.8 Å². The van der Waals surface area contributed by atoms with Gasteiger partial charge in [0.25, 0.3) is 0 Å². The largest absolute Gasteiger partial charge is 0.366 e. The Morgan fingerprint density at radius 3 is 2.83 bits per heavy atom. The molecule has 0 aliphatic carbocycles. The van der Waals surface area contributed by atoms with Gasteiger partial charge in [-0.2, -0.15) is 0 Å². The predicted molar refractivity (Wildman–Crippen MR) is 93.9 cm³/mol. The zero-order chi connectivity index (χ0) is 16.3. The van der Waals surface area contributed by atoms with Gasteiger partial charge in [-0.25, -0.2) is 8.78 Å². The molecule has 5 rings (SSSR count). The van der Waals surface area contributed by atoms with E-state index in [1.165, 1.54) is 34.3 Å². The zero-order valence-corrected chi connectivity index (χ0v) is 14.0. The molecule has 3 aliphatic rings. The Kier molecular flexibility index (Phi) is 3.35. The van der Waals surface area contributed by atoms with Gasteiger partial charge in [0, 0.05) is 35.7 Å². The van der Waals surface area contributed by atoms with E-state index in [-0.39, 0.29) is 5.56 Å². The van der Waals surface area contributed by atoms with Crippen LogP contribution in [-0.2, 0) is 0 Å². The summed E-state index contributed by atoms with van der Waals surface area (Å²) in [5.74, 6) is 0.472. The monoisotopic (exact) mass is 344 g/mol. The highest BCUT2D eigenvalue weighted by molar-refractivity contribution is 7.99. The Morgan fingerprint density at radius 2 is 2.00 bits per heavy atom.